The number of rotatable bonds is 5. The zero-order valence-corrected chi connectivity index (χ0v) is 14.3. The van der Waals surface area contributed by atoms with E-state index < -0.39 is 0 Å². The summed E-state index contributed by atoms with van der Waals surface area (Å²) >= 11 is 9.34. The Bertz CT molecular complexity index is 108. The molecule has 0 radical (unpaired) electrons. The van der Waals surface area contributed by atoms with Crippen LogP contribution in [0, 0.1) is 0 Å². The number of hydrogen-bond donors (Lipinski definition) is 2. The zero-order valence-electron chi connectivity index (χ0n) is 5.66. The van der Waals surface area contributed by atoms with Crippen LogP contribution < -0.4 is 11.1 Å². The summed E-state index contributed by atoms with van der Waals surface area (Å²) in [7, 11) is 0. The molecule has 0 aromatic rings. The van der Waals surface area contributed by atoms with Gasteiger partial charge in [0.2, 0.25) is 0 Å². The molecule has 0 spiro atoms. The number of nitrogens with two attached hydrogens (primary N) is 1. The van der Waals surface area contributed by atoms with Gasteiger partial charge in [0.25, 0.3) is 0 Å². The first-order valence-corrected chi connectivity index (χ1v) is 7.00. The van der Waals surface area contributed by atoms with Crippen molar-refractivity contribution in [2.45, 2.75) is 1.55 Å². The Kier molecular flexibility index (Phi) is 8.96. The van der Waals surface area contributed by atoms with Crippen LogP contribution in [0.3, 0.4) is 0 Å². The van der Waals surface area contributed by atoms with E-state index in [4.69, 9.17) is 5.73 Å². The van der Waals surface area contributed by atoms with Crippen molar-refractivity contribution < 1.29 is 0 Å². The van der Waals surface area contributed by atoms with Gasteiger partial charge in [0.1, 0.15) is 0 Å². The molecule has 0 aliphatic carbocycles. The molecule has 0 amide bonds. The first-order chi connectivity index (χ1) is 5.00. The van der Waals surface area contributed by atoms with Gasteiger partial charge >= 0.3 is 0 Å². The van der Waals surface area contributed by atoms with Gasteiger partial charge in [-0.25, -0.2) is 0 Å². The smallest absolute Gasteiger partial charge is 0.155 e. The molecule has 0 fully saturated rings. The van der Waals surface area contributed by atoms with Crippen molar-refractivity contribution in [3.05, 3.63) is 0 Å². The molecule has 3 N–H and O–H groups in total. The molecule has 0 aliphatic heterocycles. The lowest BCUT2D eigenvalue weighted by atomic mass is 10.6. The van der Waals surface area contributed by atoms with Crippen molar-refractivity contribution in [3.8, 4) is 0 Å². The lowest BCUT2D eigenvalue weighted by Crippen LogP contribution is -2.37. The monoisotopic (exact) mass is 607 g/mol. The normalized spacial score (nSPS) is 12.5. The highest BCUT2D eigenvalue weighted by Gasteiger charge is 2.26. The fourth-order valence-corrected chi connectivity index (χ4v) is 1.28. The van der Waals surface area contributed by atoms with Gasteiger partial charge in [-0.15, -0.1) is 0 Å². The molecule has 0 saturated carbocycles. The largest absolute Gasteiger partial charge is 0.329 e. The Labute approximate surface area is 122 Å². The highest BCUT2D eigenvalue weighted by Crippen LogP contribution is 2.37. The SMILES string of the molecule is NCCNCC(I)(I)N(I)I. The van der Waals surface area contributed by atoms with Gasteiger partial charge < -0.3 is 11.1 Å². The van der Waals surface area contributed by atoms with E-state index in [1.807, 2.05) is 0 Å². The molecule has 0 heterocycles. The molecule has 11 heavy (non-hydrogen) atoms. The number of alkyl halides is 2. The topological polar surface area (TPSA) is 41.3 Å². The van der Waals surface area contributed by atoms with E-state index in [1.54, 1.807) is 0 Å². The molecule has 0 atom stereocenters. The van der Waals surface area contributed by atoms with Crippen molar-refractivity contribution in [2.24, 2.45) is 5.73 Å². The van der Waals surface area contributed by atoms with Gasteiger partial charge in [-0.05, 0) is 45.2 Å². The third-order valence-electron chi connectivity index (χ3n) is 0.906. The molecule has 0 rings (SSSR count). The van der Waals surface area contributed by atoms with E-state index in [-0.39, 0.29) is 1.55 Å². The maximum Gasteiger partial charge on any atom is 0.155 e. The molecule has 0 aromatic heterocycles. The number of hydrogen-bond acceptors (Lipinski definition) is 3. The summed E-state index contributed by atoms with van der Waals surface area (Å²) in [6, 6.07) is 0. The summed E-state index contributed by atoms with van der Waals surface area (Å²) in [4.78, 5) is 0. The summed E-state index contributed by atoms with van der Waals surface area (Å²) in [5.74, 6) is 0. The number of nitrogens with one attached hydrogen (secondary N) is 1. The van der Waals surface area contributed by atoms with Crippen LogP contribution in [0.1, 0.15) is 0 Å². The molecule has 0 saturated heterocycles. The molecule has 0 unspecified atom stereocenters. The van der Waals surface area contributed by atoms with Crippen LogP contribution in [-0.4, -0.2) is 22.5 Å². The van der Waals surface area contributed by atoms with Crippen molar-refractivity contribution in [2.75, 3.05) is 19.6 Å². The second kappa shape index (κ2) is 7.14. The van der Waals surface area contributed by atoms with Crippen LogP contribution in [0.2, 0.25) is 0 Å². The Hall–Kier alpha value is 2.80. The average molecular weight is 607 g/mol. The van der Waals surface area contributed by atoms with E-state index >= 15 is 0 Å². The van der Waals surface area contributed by atoms with E-state index in [1.165, 1.54) is 0 Å². The van der Waals surface area contributed by atoms with Crippen LogP contribution in [0.5, 0.6) is 0 Å². The van der Waals surface area contributed by atoms with Crippen LogP contribution in [0.4, 0.5) is 0 Å². The molecular formula is C4H9I4N3. The fourth-order valence-electron chi connectivity index (χ4n) is 0.401. The van der Waals surface area contributed by atoms with Crippen molar-refractivity contribution in [1.29, 1.82) is 0 Å². The standard InChI is InChI=1S/C4H9I4N3/c5-4(6,11(7)8)3-10-2-1-9/h10H,1-3,9H2. The quantitative estimate of drug-likeness (QED) is 0.166. The summed E-state index contributed by atoms with van der Waals surface area (Å²) in [5, 5.41) is 3.27. The van der Waals surface area contributed by atoms with Crippen molar-refractivity contribution in [3.63, 3.8) is 0 Å². The minimum atomic E-state index is 0.131. The van der Waals surface area contributed by atoms with Gasteiger partial charge in [-0.1, -0.05) is 0 Å². The van der Waals surface area contributed by atoms with Gasteiger partial charge in [-0.3, -0.25) is 0 Å². The van der Waals surface area contributed by atoms with Crippen LogP contribution in [-0.2, 0) is 0 Å². The maximum atomic E-state index is 5.35. The lowest BCUT2D eigenvalue weighted by molar-refractivity contribution is 0.624. The van der Waals surface area contributed by atoms with Gasteiger partial charge in [0.05, 0.1) is 0 Å². The predicted octanol–water partition coefficient (Wildman–Crippen LogP) is 2.06. The van der Waals surface area contributed by atoms with E-state index in [0.29, 0.717) is 6.54 Å². The predicted molar refractivity (Wildman–Crippen MR) is 82.6 cm³/mol. The van der Waals surface area contributed by atoms with Crippen molar-refractivity contribution >= 4 is 90.9 Å². The first-order valence-electron chi connectivity index (χ1n) is 2.91. The van der Waals surface area contributed by atoms with Crippen molar-refractivity contribution in [1.82, 2.24) is 6.64 Å². The third kappa shape index (κ3) is 6.82. The third-order valence-corrected chi connectivity index (χ3v) is 7.97. The molecule has 68 valence electrons. The Morgan fingerprint density at radius 3 is 2.27 bits per heavy atom. The van der Waals surface area contributed by atoms with E-state index in [0.717, 1.165) is 13.1 Å². The summed E-state index contributed by atoms with van der Waals surface area (Å²) in [6.45, 7) is 2.53. The Balaban J connectivity index is 3.55. The lowest BCUT2D eigenvalue weighted by Gasteiger charge is -2.24. The number of nitrogens with zero attached hydrogens (tertiary/aromatic N) is 1. The van der Waals surface area contributed by atoms with Gasteiger partial charge in [-0.2, -0.15) is 1.33 Å². The molecule has 7 heteroatoms. The maximum absolute atomic E-state index is 5.35. The number of halogens is 4. The van der Waals surface area contributed by atoms with Crippen LogP contribution in [0.15, 0.2) is 0 Å². The van der Waals surface area contributed by atoms with Crippen LogP contribution in [0.25, 0.3) is 0 Å². The van der Waals surface area contributed by atoms with Crippen LogP contribution >= 0.6 is 90.9 Å². The Morgan fingerprint density at radius 2 is 1.91 bits per heavy atom. The molecule has 0 aromatic carbocycles. The summed E-state index contributed by atoms with van der Waals surface area (Å²) in [5.41, 5.74) is 5.35. The average Bonchev–Trinajstić information content (AvgIpc) is 1.88. The summed E-state index contributed by atoms with van der Waals surface area (Å²) < 4.78 is 2.25. The van der Waals surface area contributed by atoms with E-state index in [2.05, 4.69) is 97.6 Å². The Morgan fingerprint density at radius 1 is 1.36 bits per heavy atom. The minimum Gasteiger partial charge on any atom is -0.329 e. The minimum absolute atomic E-state index is 0.131. The second-order valence-electron chi connectivity index (χ2n) is 1.86. The van der Waals surface area contributed by atoms with Gasteiger partial charge in [0.15, 0.2) is 1.55 Å². The summed E-state index contributed by atoms with van der Waals surface area (Å²) in [6.07, 6.45) is 0. The fraction of sp³-hybridized carbons (Fsp3) is 1.00. The first kappa shape index (κ1) is 13.8. The molecule has 3 nitrogen and oxygen atoms in total. The second-order valence-corrected chi connectivity index (χ2v) is 11.3. The van der Waals surface area contributed by atoms with Gasteiger partial charge in [0, 0.05) is 65.4 Å². The molecule has 0 bridgehead atoms. The highest BCUT2D eigenvalue weighted by molar-refractivity contribution is 14.2. The molecule has 0 aliphatic rings. The highest BCUT2D eigenvalue weighted by atomic mass is 127. The zero-order chi connectivity index (χ0) is 8.91. The van der Waals surface area contributed by atoms with E-state index in [9.17, 15) is 0 Å². The molecular weight excluding hydrogens is 598 g/mol.